The summed E-state index contributed by atoms with van der Waals surface area (Å²) in [5, 5.41) is 5.19. The van der Waals surface area contributed by atoms with Crippen molar-refractivity contribution in [2.45, 2.75) is 19.3 Å². The Balaban J connectivity index is 1.25. The summed E-state index contributed by atoms with van der Waals surface area (Å²) in [6, 6.07) is 55.9. The molecule has 0 atom stereocenters. The first-order valence-electron chi connectivity index (χ1n) is 15.6. The predicted octanol–water partition coefficient (Wildman–Crippen LogP) is 12.7. The van der Waals surface area contributed by atoms with Crippen LogP contribution in [0.5, 0.6) is 0 Å². The lowest BCUT2D eigenvalue weighted by molar-refractivity contribution is 0.660. The number of benzene rings is 7. The van der Waals surface area contributed by atoms with E-state index in [1.807, 2.05) is 11.3 Å². The van der Waals surface area contributed by atoms with Gasteiger partial charge in [-0.05, 0) is 98.8 Å². The van der Waals surface area contributed by atoms with Crippen LogP contribution in [0.25, 0.3) is 53.2 Å². The lowest BCUT2D eigenvalue weighted by Gasteiger charge is -2.28. The van der Waals surface area contributed by atoms with Gasteiger partial charge in [-0.1, -0.05) is 111 Å². The highest BCUT2D eigenvalue weighted by atomic mass is 32.1. The first kappa shape index (κ1) is 26.2. The van der Waals surface area contributed by atoms with Gasteiger partial charge in [0.2, 0.25) is 0 Å². The van der Waals surface area contributed by atoms with Gasteiger partial charge >= 0.3 is 0 Å². The summed E-state index contributed by atoms with van der Waals surface area (Å²) < 4.78 is 2.67. The van der Waals surface area contributed by atoms with Crippen molar-refractivity contribution >= 4 is 59.3 Å². The number of hydrogen-bond donors (Lipinski definition) is 0. The molecular formula is C43H31NS. The van der Waals surface area contributed by atoms with Crippen molar-refractivity contribution in [3.05, 3.63) is 163 Å². The predicted molar refractivity (Wildman–Crippen MR) is 195 cm³/mol. The number of fused-ring (bicyclic) bond motifs is 7. The molecule has 0 bridgehead atoms. The molecule has 45 heavy (non-hydrogen) atoms. The summed E-state index contributed by atoms with van der Waals surface area (Å²) in [6.45, 7) is 4.71. The SMILES string of the molecule is CC1(C)c2ccccc2-c2ccc(N(c3cccc(-c4ccccc4)c3)c3ccc4cc5c(cc4c3)sc3ccccc35)cc21. The van der Waals surface area contributed by atoms with E-state index in [1.165, 1.54) is 70.0 Å². The van der Waals surface area contributed by atoms with Crippen LogP contribution in [-0.4, -0.2) is 0 Å². The summed E-state index contributed by atoms with van der Waals surface area (Å²) in [4.78, 5) is 2.43. The van der Waals surface area contributed by atoms with Crippen molar-refractivity contribution in [3.63, 3.8) is 0 Å². The topological polar surface area (TPSA) is 3.24 Å². The van der Waals surface area contributed by atoms with Gasteiger partial charge in [0, 0.05) is 42.6 Å². The molecule has 0 saturated carbocycles. The Morgan fingerprint density at radius 3 is 2.07 bits per heavy atom. The van der Waals surface area contributed by atoms with E-state index >= 15 is 0 Å². The minimum atomic E-state index is -0.0737. The molecule has 1 aliphatic rings. The van der Waals surface area contributed by atoms with Crippen LogP contribution < -0.4 is 4.90 Å². The molecule has 0 radical (unpaired) electrons. The first-order valence-corrected chi connectivity index (χ1v) is 16.4. The van der Waals surface area contributed by atoms with E-state index in [1.54, 1.807) is 0 Å². The van der Waals surface area contributed by atoms with E-state index in [-0.39, 0.29) is 5.41 Å². The van der Waals surface area contributed by atoms with Crippen LogP contribution in [0, 0.1) is 0 Å². The first-order chi connectivity index (χ1) is 22.0. The molecule has 0 unspecified atom stereocenters. The average Bonchev–Trinajstić information content (AvgIpc) is 3.55. The van der Waals surface area contributed by atoms with Crippen LogP contribution in [-0.2, 0) is 5.41 Å². The summed E-state index contributed by atoms with van der Waals surface area (Å²) in [7, 11) is 0. The minimum absolute atomic E-state index is 0.0737. The molecule has 214 valence electrons. The standard InChI is InChI=1S/C43H31NS/c1-43(2)39-17-8-6-15-35(39)36-22-21-34(27-40(36)43)44(32-14-10-13-29(23-32)28-11-4-3-5-12-28)33-20-19-30-25-38-37-16-7-9-18-41(37)45-42(38)26-31(30)24-33/h3-27H,1-2H3. The van der Waals surface area contributed by atoms with Gasteiger partial charge < -0.3 is 4.90 Å². The van der Waals surface area contributed by atoms with Gasteiger partial charge in [0.25, 0.3) is 0 Å². The number of anilines is 3. The Kier molecular flexibility index (Phi) is 5.78. The van der Waals surface area contributed by atoms with Gasteiger partial charge in [0.15, 0.2) is 0 Å². The van der Waals surface area contributed by atoms with Crippen molar-refractivity contribution in [3.8, 4) is 22.3 Å². The fourth-order valence-corrected chi connectivity index (χ4v) is 8.46. The van der Waals surface area contributed by atoms with Crippen molar-refractivity contribution in [1.29, 1.82) is 0 Å². The molecule has 9 rings (SSSR count). The van der Waals surface area contributed by atoms with E-state index in [9.17, 15) is 0 Å². The zero-order valence-corrected chi connectivity index (χ0v) is 26.1. The maximum absolute atomic E-state index is 2.43. The Bertz CT molecular complexity index is 2410. The van der Waals surface area contributed by atoms with Crippen molar-refractivity contribution in [1.82, 2.24) is 0 Å². The number of nitrogens with zero attached hydrogens (tertiary/aromatic N) is 1. The van der Waals surface area contributed by atoms with Gasteiger partial charge in [-0.15, -0.1) is 11.3 Å². The number of rotatable bonds is 4. The van der Waals surface area contributed by atoms with E-state index in [4.69, 9.17) is 0 Å². The zero-order valence-electron chi connectivity index (χ0n) is 25.3. The third-order valence-electron chi connectivity index (χ3n) is 9.61. The molecule has 1 aromatic heterocycles. The van der Waals surface area contributed by atoms with Gasteiger partial charge in [-0.2, -0.15) is 0 Å². The highest BCUT2D eigenvalue weighted by Gasteiger charge is 2.35. The van der Waals surface area contributed by atoms with E-state index in [0.717, 1.165) is 11.4 Å². The molecule has 0 fully saturated rings. The molecule has 0 aliphatic heterocycles. The zero-order chi connectivity index (χ0) is 30.1. The van der Waals surface area contributed by atoms with Crippen LogP contribution in [0.1, 0.15) is 25.0 Å². The number of hydrogen-bond acceptors (Lipinski definition) is 2. The Morgan fingerprint density at radius 2 is 1.16 bits per heavy atom. The normalized spacial score (nSPS) is 13.3. The summed E-state index contributed by atoms with van der Waals surface area (Å²) >= 11 is 1.88. The van der Waals surface area contributed by atoms with E-state index in [0.29, 0.717) is 0 Å². The molecule has 1 heterocycles. The molecule has 0 spiro atoms. The van der Waals surface area contributed by atoms with Crippen molar-refractivity contribution < 1.29 is 0 Å². The second kappa shape index (κ2) is 9.92. The lowest BCUT2D eigenvalue weighted by atomic mass is 9.82. The second-order valence-corrected chi connectivity index (χ2v) is 13.7. The van der Waals surface area contributed by atoms with E-state index < -0.39 is 0 Å². The van der Waals surface area contributed by atoms with Crippen molar-refractivity contribution in [2.24, 2.45) is 0 Å². The van der Waals surface area contributed by atoms with Crippen LogP contribution in [0.15, 0.2) is 152 Å². The average molecular weight is 594 g/mol. The summed E-state index contributed by atoms with van der Waals surface area (Å²) in [6.07, 6.45) is 0. The Labute approximate surface area is 267 Å². The van der Waals surface area contributed by atoms with Crippen LogP contribution in [0.4, 0.5) is 17.1 Å². The molecule has 7 aromatic carbocycles. The monoisotopic (exact) mass is 593 g/mol. The quantitative estimate of drug-likeness (QED) is 0.196. The molecule has 1 aliphatic carbocycles. The molecule has 0 N–H and O–H groups in total. The van der Waals surface area contributed by atoms with Gasteiger partial charge in [0.1, 0.15) is 0 Å². The Morgan fingerprint density at radius 1 is 0.444 bits per heavy atom. The molecule has 8 aromatic rings. The van der Waals surface area contributed by atoms with Gasteiger partial charge in [0.05, 0.1) is 0 Å². The van der Waals surface area contributed by atoms with Crippen molar-refractivity contribution in [2.75, 3.05) is 4.90 Å². The maximum Gasteiger partial charge on any atom is 0.0468 e. The molecular weight excluding hydrogens is 563 g/mol. The fourth-order valence-electron chi connectivity index (χ4n) is 7.33. The van der Waals surface area contributed by atoms with Crippen LogP contribution >= 0.6 is 11.3 Å². The van der Waals surface area contributed by atoms with Crippen LogP contribution in [0.2, 0.25) is 0 Å². The highest BCUT2D eigenvalue weighted by molar-refractivity contribution is 7.25. The Hall–Kier alpha value is -5.18. The molecule has 1 nitrogen and oxygen atoms in total. The van der Waals surface area contributed by atoms with E-state index in [2.05, 4.69) is 170 Å². The smallest absolute Gasteiger partial charge is 0.0468 e. The summed E-state index contributed by atoms with van der Waals surface area (Å²) in [5.74, 6) is 0. The van der Waals surface area contributed by atoms with Gasteiger partial charge in [-0.25, -0.2) is 0 Å². The fraction of sp³-hybridized carbons (Fsp3) is 0.0698. The van der Waals surface area contributed by atoms with Gasteiger partial charge in [-0.3, -0.25) is 0 Å². The molecule has 0 amide bonds. The molecule has 2 heteroatoms. The third-order valence-corrected chi connectivity index (χ3v) is 10.7. The third kappa shape index (κ3) is 4.13. The minimum Gasteiger partial charge on any atom is -0.310 e. The largest absolute Gasteiger partial charge is 0.310 e. The maximum atomic E-state index is 2.43. The second-order valence-electron chi connectivity index (χ2n) is 12.6. The highest BCUT2D eigenvalue weighted by Crippen LogP contribution is 2.51. The summed E-state index contributed by atoms with van der Waals surface area (Å²) in [5.41, 5.74) is 11.3. The lowest BCUT2D eigenvalue weighted by Crippen LogP contribution is -2.16. The number of thiophene rings is 1. The molecule has 0 saturated heterocycles. The van der Waals surface area contributed by atoms with Crippen LogP contribution in [0.3, 0.4) is 0 Å².